The quantitative estimate of drug-likeness (QED) is 0.467. The standard InChI is InChI=1S/C22H28N4O4/c1-4-16(2)24(22(28)17-7-9-19(10-8-17)26(29)30)15-21(27)25(18-11-12-18)14-20-6-5-13-23(20)3/h5-10,13,16,18H,4,11-12,14-15H2,1-3H3/t16-/m0/s1. The summed E-state index contributed by atoms with van der Waals surface area (Å²) in [7, 11) is 1.95. The van der Waals surface area contributed by atoms with E-state index in [2.05, 4.69) is 0 Å². The molecule has 3 rings (SSSR count). The first-order valence-corrected chi connectivity index (χ1v) is 10.3. The van der Waals surface area contributed by atoms with Crippen LogP contribution in [0.1, 0.15) is 49.2 Å². The van der Waals surface area contributed by atoms with Gasteiger partial charge in [0, 0.05) is 48.7 Å². The van der Waals surface area contributed by atoms with E-state index in [0.717, 1.165) is 18.5 Å². The third-order valence-corrected chi connectivity index (χ3v) is 5.71. The van der Waals surface area contributed by atoms with Crippen LogP contribution >= 0.6 is 0 Å². The Labute approximate surface area is 176 Å². The lowest BCUT2D eigenvalue weighted by Gasteiger charge is -2.31. The van der Waals surface area contributed by atoms with Crippen molar-refractivity contribution in [3.05, 3.63) is 64.0 Å². The maximum atomic E-state index is 13.2. The fourth-order valence-corrected chi connectivity index (χ4v) is 3.42. The molecule has 0 spiro atoms. The number of hydrogen-bond donors (Lipinski definition) is 0. The van der Waals surface area contributed by atoms with Crippen LogP contribution in [0.25, 0.3) is 0 Å². The number of nitro benzene ring substituents is 1. The van der Waals surface area contributed by atoms with Gasteiger partial charge in [0.2, 0.25) is 5.91 Å². The second-order valence-corrected chi connectivity index (χ2v) is 7.86. The Morgan fingerprint density at radius 2 is 1.90 bits per heavy atom. The molecule has 1 aliphatic rings. The van der Waals surface area contributed by atoms with Gasteiger partial charge in [-0.05, 0) is 50.5 Å². The van der Waals surface area contributed by atoms with E-state index in [4.69, 9.17) is 0 Å². The molecule has 0 N–H and O–H groups in total. The van der Waals surface area contributed by atoms with Gasteiger partial charge in [-0.1, -0.05) is 6.92 Å². The van der Waals surface area contributed by atoms with E-state index < -0.39 is 4.92 Å². The van der Waals surface area contributed by atoms with Gasteiger partial charge >= 0.3 is 0 Å². The van der Waals surface area contributed by atoms with Crippen molar-refractivity contribution in [3.63, 3.8) is 0 Å². The fraction of sp³-hybridized carbons (Fsp3) is 0.455. The summed E-state index contributed by atoms with van der Waals surface area (Å²) < 4.78 is 2.00. The highest BCUT2D eigenvalue weighted by Gasteiger charge is 2.35. The molecular formula is C22H28N4O4. The van der Waals surface area contributed by atoms with Crippen LogP contribution in [-0.4, -0.2) is 49.7 Å². The van der Waals surface area contributed by atoms with E-state index in [1.807, 2.05) is 48.7 Å². The van der Waals surface area contributed by atoms with Crippen molar-refractivity contribution in [1.29, 1.82) is 0 Å². The molecule has 8 heteroatoms. The third kappa shape index (κ3) is 4.87. The van der Waals surface area contributed by atoms with Crippen molar-refractivity contribution in [2.24, 2.45) is 7.05 Å². The Hall–Kier alpha value is -3.16. The number of aromatic nitrogens is 1. The van der Waals surface area contributed by atoms with Gasteiger partial charge in [-0.15, -0.1) is 0 Å². The van der Waals surface area contributed by atoms with E-state index in [9.17, 15) is 19.7 Å². The highest BCUT2D eigenvalue weighted by Crippen LogP contribution is 2.29. The van der Waals surface area contributed by atoms with E-state index in [1.165, 1.54) is 24.3 Å². The fourth-order valence-electron chi connectivity index (χ4n) is 3.42. The summed E-state index contributed by atoms with van der Waals surface area (Å²) in [4.78, 5) is 40.1. The first kappa shape index (κ1) is 21.5. The normalized spacial score (nSPS) is 14.2. The number of nitro groups is 1. The number of carbonyl (C=O) groups excluding carboxylic acids is 2. The number of hydrogen-bond acceptors (Lipinski definition) is 4. The topological polar surface area (TPSA) is 88.7 Å². The van der Waals surface area contributed by atoms with Gasteiger partial charge in [0.15, 0.2) is 0 Å². The first-order chi connectivity index (χ1) is 14.3. The van der Waals surface area contributed by atoms with Crippen molar-refractivity contribution >= 4 is 17.5 Å². The van der Waals surface area contributed by atoms with Crippen molar-refractivity contribution in [2.45, 2.75) is 51.7 Å². The minimum absolute atomic E-state index is 0.00818. The van der Waals surface area contributed by atoms with Crippen LogP contribution in [0.15, 0.2) is 42.6 Å². The number of non-ortho nitro benzene ring substituents is 1. The first-order valence-electron chi connectivity index (χ1n) is 10.3. The zero-order chi connectivity index (χ0) is 21.8. The van der Waals surface area contributed by atoms with Gasteiger partial charge in [0.05, 0.1) is 11.5 Å². The molecule has 0 bridgehead atoms. The molecule has 1 aliphatic carbocycles. The maximum Gasteiger partial charge on any atom is 0.269 e. The molecule has 160 valence electrons. The van der Waals surface area contributed by atoms with Gasteiger partial charge in [0.25, 0.3) is 11.6 Å². The van der Waals surface area contributed by atoms with Crippen LogP contribution in [0.5, 0.6) is 0 Å². The number of carbonyl (C=O) groups is 2. The van der Waals surface area contributed by atoms with E-state index >= 15 is 0 Å². The van der Waals surface area contributed by atoms with Crippen LogP contribution in [0.4, 0.5) is 5.69 Å². The lowest BCUT2D eigenvalue weighted by molar-refractivity contribution is -0.384. The maximum absolute atomic E-state index is 13.2. The smallest absolute Gasteiger partial charge is 0.269 e. The second kappa shape index (κ2) is 9.11. The monoisotopic (exact) mass is 412 g/mol. The molecule has 0 radical (unpaired) electrons. The lowest BCUT2D eigenvalue weighted by Crippen LogP contribution is -2.47. The number of rotatable bonds is 9. The number of amides is 2. The summed E-state index contributed by atoms with van der Waals surface area (Å²) in [6.07, 6.45) is 4.62. The van der Waals surface area contributed by atoms with Crippen LogP contribution in [-0.2, 0) is 18.4 Å². The third-order valence-electron chi connectivity index (χ3n) is 5.71. The van der Waals surface area contributed by atoms with Gasteiger partial charge in [-0.2, -0.15) is 0 Å². The van der Waals surface area contributed by atoms with Crippen LogP contribution in [0.3, 0.4) is 0 Å². The Balaban J connectivity index is 1.77. The Morgan fingerprint density at radius 3 is 2.40 bits per heavy atom. The summed E-state index contributed by atoms with van der Waals surface area (Å²) in [5.74, 6) is -0.364. The molecule has 8 nitrogen and oxygen atoms in total. The van der Waals surface area contributed by atoms with Crippen molar-refractivity contribution < 1.29 is 14.5 Å². The van der Waals surface area contributed by atoms with Gasteiger partial charge in [0.1, 0.15) is 6.54 Å². The molecular weight excluding hydrogens is 384 g/mol. The Kier molecular flexibility index (Phi) is 6.54. The molecule has 1 fully saturated rings. The minimum atomic E-state index is -0.499. The zero-order valence-electron chi connectivity index (χ0n) is 17.7. The molecule has 1 saturated carbocycles. The van der Waals surface area contributed by atoms with Gasteiger partial charge < -0.3 is 14.4 Å². The SMILES string of the molecule is CC[C@H](C)N(CC(=O)N(Cc1cccn1C)C1CC1)C(=O)c1ccc([N+](=O)[O-])cc1. The highest BCUT2D eigenvalue weighted by atomic mass is 16.6. The summed E-state index contributed by atoms with van der Waals surface area (Å²) in [5, 5.41) is 10.9. The number of nitrogens with zero attached hydrogens (tertiary/aromatic N) is 4. The minimum Gasteiger partial charge on any atom is -0.353 e. The average molecular weight is 412 g/mol. The number of aryl methyl sites for hydroxylation is 1. The van der Waals surface area contributed by atoms with Crippen molar-refractivity contribution in [3.8, 4) is 0 Å². The molecule has 1 aromatic carbocycles. The van der Waals surface area contributed by atoms with Crippen LogP contribution < -0.4 is 0 Å². The average Bonchev–Trinajstić information content (AvgIpc) is 3.50. The zero-order valence-corrected chi connectivity index (χ0v) is 17.7. The van der Waals surface area contributed by atoms with E-state index in [0.29, 0.717) is 18.5 Å². The van der Waals surface area contributed by atoms with E-state index in [1.54, 1.807) is 4.90 Å². The molecule has 2 amide bonds. The van der Waals surface area contributed by atoms with Gasteiger partial charge in [-0.3, -0.25) is 19.7 Å². The summed E-state index contributed by atoms with van der Waals surface area (Å²) in [6.45, 7) is 4.39. The molecule has 0 saturated heterocycles. The highest BCUT2D eigenvalue weighted by molar-refractivity contribution is 5.97. The molecule has 1 heterocycles. The predicted molar refractivity (Wildman–Crippen MR) is 113 cm³/mol. The van der Waals surface area contributed by atoms with Crippen LogP contribution in [0, 0.1) is 10.1 Å². The largest absolute Gasteiger partial charge is 0.353 e. The predicted octanol–water partition coefficient (Wildman–Crippen LogP) is 3.37. The van der Waals surface area contributed by atoms with E-state index in [-0.39, 0.29) is 36.1 Å². The van der Waals surface area contributed by atoms with Crippen molar-refractivity contribution in [2.75, 3.05) is 6.54 Å². The summed E-state index contributed by atoms with van der Waals surface area (Å²) in [5.41, 5.74) is 1.32. The number of benzene rings is 1. The van der Waals surface area contributed by atoms with Gasteiger partial charge in [-0.25, -0.2) is 0 Å². The Morgan fingerprint density at radius 1 is 1.23 bits per heavy atom. The lowest BCUT2D eigenvalue weighted by atomic mass is 10.1. The molecule has 0 aliphatic heterocycles. The van der Waals surface area contributed by atoms with Crippen molar-refractivity contribution in [1.82, 2.24) is 14.4 Å². The Bertz CT molecular complexity index is 917. The summed E-state index contributed by atoms with van der Waals surface area (Å²) in [6, 6.07) is 9.57. The second-order valence-electron chi connectivity index (χ2n) is 7.86. The molecule has 2 aromatic rings. The molecule has 1 aromatic heterocycles. The molecule has 0 unspecified atom stereocenters. The molecule has 30 heavy (non-hydrogen) atoms. The van der Waals surface area contributed by atoms with Crippen LogP contribution in [0.2, 0.25) is 0 Å². The molecule has 1 atom stereocenters. The summed E-state index contributed by atoms with van der Waals surface area (Å²) >= 11 is 0.